The minimum absolute atomic E-state index is 0.0887. The van der Waals surface area contributed by atoms with Crippen LogP contribution in [0.3, 0.4) is 0 Å². The third-order valence-electron chi connectivity index (χ3n) is 6.07. The Bertz CT molecular complexity index is 1040. The first-order valence-electron chi connectivity index (χ1n) is 9.51. The van der Waals surface area contributed by atoms with Crippen molar-refractivity contribution in [3.05, 3.63) is 39.4 Å². The SMILES string of the molecule is CNC1CN(c2c(F)cc3c(=O)c(C(=O)O)cn(C4CC4F)c3c2C)CC1CF. The maximum atomic E-state index is 15.1. The highest BCUT2D eigenvalue weighted by atomic mass is 19.1. The van der Waals surface area contributed by atoms with E-state index in [1.165, 1.54) is 4.57 Å². The van der Waals surface area contributed by atoms with Crippen molar-refractivity contribution in [1.82, 2.24) is 9.88 Å². The zero-order chi connectivity index (χ0) is 21.0. The van der Waals surface area contributed by atoms with E-state index in [1.807, 2.05) is 0 Å². The second-order valence-corrected chi connectivity index (χ2v) is 7.85. The van der Waals surface area contributed by atoms with Gasteiger partial charge in [0.05, 0.1) is 23.9 Å². The first kappa shape index (κ1) is 19.8. The first-order valence-corrected chi connectivity index (χ1v) is 9.51. The summed E-state index contributed by atoms with van der Waals surface area (Å²) < 4.78 is 43.8. The number of rotatable bonds is 5. The van der Waals surface area contributed by atoms with E-state index < -0.39 is 41.7 Å². The molecule has 1 saturated carbocycles. The van der Waals surface area contributed by atoms with Crippen molar-refractivity contribution in [2.24, 2.45) is 5.92 Å². The van der Waals surface area contributed by atoms with Crippen molar-refractivity contribution >= 4 is 22.6 Å². The molecule has 4 atom stereocenters. The van der Waals surface area contributed by atoms with Crippen molar-refractivity contribution in [1.29, 1.82) is 0 Å². The molecule has 4 unspecified atom stereocenters. The number of carbonyl (C=O) groups is 1. The molecule has 2 heterocycles. The van der Waals surface area contributed by atoms with Gasteiger partial charge >= 0.3 is 5.97 Å². The fourth-order valence-corrected chi connectivity index (χ4v) is 4.45. The molecular formula is C20H22F3N3O3. The van der Waals surface area contributed by atoms with E-state index in [-0.39, 0.29) is 29.5 Å². The lowest BCUT2D eigenvalue weighted by Crippen LogP contribution is -2.34. The van der Waals surface area contributed by atoms with Crippen molar-refractivity contribution in [2.45, 2.75) is 31.6 Å². The molecule has 0 radical (unpaired) electrons. The minimum atomic E-state index is -1.44. The maximum Gasteiger partial charge on any atom is 0.341 e. The number of halogens is 3. The van der Waals surface area contributed by atoms with Crippen molar-refractivity contribution in [3.8, 4) is 0 Å². The Kier molecular flexibility index (Phi) is 4.80. The van der Waals surface area contributed by atoms with Crippen LogP contribution >= 0.6 is 0 Å². The number of fused-ring (bicyclic) bond motifs is 1. The number of aromatic carboxylic acids is 1. The summed E-state index contributed by atoms with van der Waals surface area (Å²) in [4.78, 5) is 25.9. The van der Waals surface area contributed by atoms with Gasteiger partial charge in [-0.1, -0.05) is 0 Å². The molecule has 1 aliphatic carbocycles. The van der Waals surface area contributed by atoms with E-state index in [9.17, 15) is 23.5 Å². The molecule has 0 spiro atoms. The lowest BCUT2D eigenvalue weighted by atomic mass is 10.0. The Balaban J connectivity index is 1.94. The van der Waals surface area contributed by atoms with Gasteiger partial charge in [-0.05, 0) is 25.6 Å². The molecule has 0 amide bonds. The fraction of sp³-hybridized carbons (Fsp3) is 0.500. The molecule has 9 heteroatoms. The van der Waals surface area contributed by atoms with Gasteiger partial charge < -0.3 is 19.9 Å². The summed E-state index contributed by atoms with van der Waals surface area (Å²) in [6.07, 6.45) is 0.210. The van der Waals surface area contributed by atoms with Gasteiger partial charge in [-0.15, -0.1) is 0 Å². The molecule has 156 valence electrons. The molecule has 2 aliphatic rings. The van der Waals surface area contributed by atoms with Crippen LogP contribution in [0, 0.1) is 18.7 Å². The summed E-state index contributed by atoms with van der Waals surface area (Å²) in [5.41, 5.74) is -0.337. The number of hydrogen-bond donors (Lipinski definition) is 2. The fourth-order valence-electron chi connectivity index (χ4n) is 4.45. The predicted molar refractivity (Wildman–Crippen MR) is 103 cm³/mol. The van der Waals surface area contributed by atoms with Gasteiger partial charge in [0.15, 0.2) is 0 Å². The van der Waals surface area contributed by atoms with Crippen LogP contribution in [-0.2, 0) is 0 Å². The Morgan fingerprint density at radius 3 is 2.59 bits per heavy atom. The van der Waals surface area contributed by atoms with Crippen LogP contribution in [0.5, 0.6) is 0 Å². The summed E-state index contributed by atoms with van der Waals surface area (Å²) in [7, 11) is 1.72. The zero-order valence-corrected chi connectivity index (χ0v) is 16.1. The van der Waals surface area contributed by atoms with Crippen molar-refractivity contribution in [2.75, 3.05) is 31.7 Å². The second-order valence-electron chi connectivity index (χ2n) is 7.85. The average Bonchev–Trinajstić information content (AvgIpc) is 3.25. The van der Waals surface area contributed by atoms with E-state index in [1.54, 1.807) is 18.9 Å². The number of aromatic nitrogens is 1. The molecule has 2 aromatic rings. The van der Waals surface area contributed by atoms with E-state index >= 15 is 4.39 Å². The predicted octanol–water partition coefficient (Wildman–Crippen LogP) is 2.42. The van der Waals surface area contributed by atoms with Crippen LogP contribution in [-0.4, -0.2) is 54.7 Å². The number of likely N-dealkylation sites (N-methyl/N-ethyl adjacent to an activating group) is 1. The number of alkyl halides is 2. The highest BCUT2D eigenvalue weighted by molar-refractivity contribution is 5.95. The van der Waals surface area contributed by atoms with Crippen LogP contribution < -0.4 is 15.6 Å². The normalized spacial score (nSPS) is 26.3. The number of hydrogen-bond acceptors (Lipinski definition) is 4. The van der Waals surface area contributed by atoms with Gasteiger partial charge in [-0.25, -0.2) is 13.6 Å². The summed E-state index contributed by atoms with van der Waals surface area (Å²) in [6, 6.07) is 0.288. The average molecular weight is 409 g/mol. The molecule has 2 fully saturated rings. The van der Waals surface area contributed by atoms with E-state index in [0.29, 0.717) is 24.2 Å². The summed E-state index contributed by atoms with van der Waals surface area (Å²) in [5, 5.41) is 12.3. The second kappa shape index (κ2) is 7.05. The van der Waals surface area contributed by atoms with E-state index in [4.69, 9.17) is 0 Å². The number of benzene rings is 1. The molecule has 1 aliphatic heterocycles. The largest absolute Gasteiger partial charge is 0.477 e. The number of aryl methyl sites for hydroxylation is 1. The Hall–Kier alpha value is -2.55. The Labute approximate surface area is 164 Å². The van der Waals surface area contributed by atoms with Gasteiger partial charge in [-0.2, -0.15) is 0 Å². The monoisotopic (exact) mass is 409 g/mol. The number of carboxylic acids is 1. The quantitative estimate of drug-likeness (QED) is 0.794. The number of nitrogens with one attached hydrogen (secondary N) is 1. The molecule has 0 bridgehead atoms. The highest BCUT2D eigenvalue weighted by Gasteiger charge is 2.41. The molecule has 29 heavy (non-hydrogen) atoms. The molecular weight excluding hydrogens is 387 g/mol. The molecule has 2 N–H and O–H groups in total. The first-order chi connectivity index (χ1) is 13.8. The van der Waals surface area contributed by atoms with E-state index in [2.05, 4.69) is 5.32 Å². The number of anilines is 1. The third-order valence-corrected chi connectivity index (χ3v) is 6.07. The topological polar surface area (TPSA) is 74.6 Å². The standard InChI is InChI=1S/C20H22F3N3O3/c1-9-17-11(19(27)12(20(28)29)7-26(17)16-4-13(16)22)3-14(23)18(9)25-6-10(5-21)15(8-25)24-2/h3,7,10,13,15-16,24H,4-6,8H2,1-2H3,(H,28,29). The van der Waals surface area contributed by atoms with Crippen LogP contribution in [0.2, 0.25) is 0 Å². The third kappa shape index (κ3) is 3.08. The van der Waals surface area contributed by atoms with Gasteiger partial charge in [0.25, 0.3) is 0 Å². The Morgan fingerprint density at radius 2 is 2.07 bits per heavy atom. The lowest BCUT2D eigenvalue weighted by molar-refractivity contribution is 0.0694. The minimum Gasteiger partial charge on any atom is -0.477 e. The number of carboxylic acid groups (broad SMARTS) is 1. The van der Waals surface area contributed by atoms with Crippen LogP contribution in [0.15, 0.2) is 17.1 Å². The number of nitrogens with zero attached hydrogens (tertiary/aromatic N) is 2. The smallest absolute Gasteiger partial charge is 0.341 e. The molecule has 1 aromatic carbocycles. The van der Waals surface area contributed by atoms with Crippen LogP contribution in [0.4, 0.5) is 18.9 Å². The number of pyridine rings is 1. The van der Waals surface area contributed by atoms with Crippen molar-refractivity contribution < 1.29 is 23.1 Å². The summed E-state index contributed by atoms with van der Waals surface area (Å²) in [6.45, 7) is 1.78. The maximum absolute atomic E-state index is 15.1. The highest BCUT2D eigenvalue weighted by Crippen LogP contribution is 2.43. The van der Waals surface area contributed by atoms with Gasteiger partial charge in [0, 0.05) is 43.1 Å². The van der Waals surface area contributed by atoms with Gasteiger partial charge in [0.2, 0.25) is 5.43 Å². The molecule has 1 aromatic heterocycles. The zero-order valence-electron chi connectivity index (χ0n) is 16.1. The molecule has 1 saturated heterocycles. The molecule has 6 nitrogen and oxygen atoms in total. The summed E-state index contributed by atoms with van der Waals surface area (Å²) in [5.74, 6) is -2.42. The van der Waals surface area contributed by atoms with Crippen LogP contribution in [0.25, 0.3) is 10.9 Å². The van der Waals surface area contributed by atoms with E-state index in [0.717, 1.165) is 12.3 Å². The van der Waals surface area contributed by atoms with Crippen LogP contribution in [0.1, 0.15) is 28.4 Å². The molecule has 4 rings (SSSR count). The van der Waals surface area contributed by atoms with Gasteiger partial charge in [0.1, 0.15) is 17.6 Å². The van der Waals surface area contributed by atoms with Crippen molar-refractivity contribution in [3.63, 3.8) is 0 Å². The Morgan fingerprint density at radius 1 is 1.38 bits per heavy atom. The lowest BCUT2D eigenvalue weighted by Gasteiger charge is -2.24. The van der Waals surface area contributed by atoms with Gasteiger partial charge in [-0.3, -0.25) is 9.18 Å². The summed E-state index contributed by atoms with van der Waals surface area (Å²) >= 11 is 0.